The molecule has 9 nitrogen and oxygen atoms in total. The number of rotatable bonds is 8. The number of halogens is 1. The molecule has 2 aliphatic heterocycles. The van der Waals surface area contributed by atoms with Gasteiger partial charge in [-0.25, -0.2) is 17.6 Å². The van der Waals surface area contributed by atoms with Gasteiger partial charge in [0, 0.05) is 19.0 Å². The lowest BCUT2D eigenvalue weighted by molar-refractivity contribution is -0.124. The van der Waals surface area contributed by atoms with E-state index in [-0.39, 0.29) is 51.7 Å². The van der Waals surface area contributed by atoms with Crippen LogP contribution in [0, 0.1) is 17.7 Å². The molecule has 2 heterocycles. The van der Waals surface area contributed by atoms with Gasteiger partial charge >= 0.3 is 5.97 Å². The number of anilines is 1. The molecule has 2 fully saturated rings. The van der Waals surface area contributed by atoms with Crippen LogP contribution in [0.3, 0.4) is 0 Å². The first-order chi connectivity index (χ1) is 17.2. The molecule has 3 aliphatic rings. The van der Waals surface area contributed by atoms with Crippen LogP contribution >= 0.6 is 0 Å². The van der Waals surface area contributed by atoms with Gasteiger partial charge < -0.3 is 20.1 Å². The number of benzene rings is 2. The Labute approximate surface area is 208 Å². The molecule has 1 aliphatic carbocycles. The number of carbonyl (C=O) groups excluding carboxylic acids is 1. The number of carbonyl (C=O) groups is 2. The Morgan fingerprint density at radius 1 is 1.25 bits per heavy atom. The zero-order chi connectivity index (χ0) is 25.6. The van der Waals surface area contributed by atoms with E-state index < -0.39 is 21.8 Å². The third kappa shape index (κ3) is 4.64. The highest BCUT2D eigenvalue weighted by molar-refractivity contribution is 7.92. The number of fused-ring (bicyclic) bond motifs is 3. The number of ether oxygens (including phenoxy) is 1. The smallest absolute Gasteiger partial charge is 0.341 e. The summed E-state index contributed by atoms with van der Waals surface area (Å²) in [5.74, 6) is -1.61. The molecular weight excluding hydrogens is 489 g/mol. The van der Waals surface area contributed by atoms with Crippen LogP contribution < -0.4 is 14.8 Å². The Kier molecular flexibility index (Phi) is 6.37. The fraction of sp³-hybridized carbons (Fsp3) is 0.440. The highest BCUT2D eigenvalue weighted by atomic mass is 32.2. The molecule has 0 aromatic heterocycles. The van der Waals surface area contributed by atoms with Crippen molar-refractivity contribution in [2.24, 2.45) is 11.8 Å². The number of nitrogens with one attached hydrogen (secondary N) is 2. The van der Waals surface area contributed by atoms with Crippen molar-refractivity contribution >= 4 is 27.6 Å². The second kappa shape index (κ2) is 9.36. The van der Waals surface area contributed by atoms with Crippen molar-refractivity contribution in [2.75, 3.05) is 31.0 Å². The van der Waals surface area contributed by atoms with Gasteiger partial charge in [0.25, 0.3) is 10.0 Å². The average molecular weight is 518 g/mol. The number of likely N-dealkylation sites (tertiary alicyclic amines) is 1. The third-order valence-electron chi connectivity index (χ3n) is 7.27. The molecule has 2 aromatic carbocycles. The number of nitrogens with zero attached hydrogens (tertiary/aromatic N) is 1. The Hall–Kier alpha value is -3.18. The molecule has 1 saturated carbocycles. The molecule has 1 amide bonds. The number of sulfonamides is 1. The molecule has 0 bridgehead atoms. The molecule has 0 radical (unpaired) electrons. The second-order valence-electron chi connectivity index (χ2n) is 9.58. The van der Waals surface area contributed by atoms with Crippen molar-refractivity contribution in [3.05, 3.63) is 52.8 Å². The summed E-state index contributed by atoms with van der Waals surface area (Å²) in [6.45, 7) is 4.51. The van der Waals surface area contributed by atoms with Gasteiger partial charge in [0.1, 0.15) is 17.1 Å². The van der Waals surface area contributed by atoms with E-state index in [1.54, 1.807) is 6.07 Å². The van der Waals surface area contributed by atoms with E-state index in [2.05, 4.69) is 14.9 Å². The first-order valence-corrected chi connectivity index (χ1v) is 13.5. The lowest BCUT2D eigenvalue weighted by atomic mass is 10.0. The number of carboxylic acids is 1. The van der Waals surface area contributed by atoms with Crippen molar-refractivity contribution in [3.8, 4) is 5.75 Å². The SMILES string of the molecule is CCN1CC[C@H](C(=O)NCc2cc(F)ccc2S(=O)(=O)Nc2ccc3c(c2C(=O)O)OC[C@@H]2C[C@H]32)C1. The standard InChI is InChI=1S/C25H28FN3O6S/c1-2-29-8-7-14(12-29)24(30)27-11-15-9-17(26)3-6-21(15)36(33,34)28-20-5-4-18-19-10-16(19)13-35-23(18)22(20)25(31)32/h3-6,9,14,16,19,28H,2,7-8,10-13H2,1H3,(H,27,30)(H,31,32)/t14-,16-,19-/m0/s1. The lowest BCUT2D eigenvalue weighted by Gasteiger charge is -2.21. The van der Waals surface area contributed by atoms with Gasteiger partial charge in [-0.2, -0.15) is 0 Å². The van der Waals surface area contributed by atoms with Gasteiger partial charge in [-0.1, -0.05) is 13.0 Å². The van der Waals surface area contributed by atoms with Crippen molar-refractivity contribution in [3.63, 3.8) is 0 Å². The highest BCUT2D eigenvalue weighted by Gasteiger charge is 2.45. The van der Waals surface area contributed by atoms with Gasteiger partial charge in [-0.15, -0.1) is 0 Å². The molecule has 3 N–H and O–H groups in total. The van der Waals surface area contributed by atoms with Crippen molar-refractivity contribution < 1.29 is 32.2 Å². The van der Waals surface area contributed by atoms with Gasteiger partial charge in [-0.3, -0.25) is 9.52 Å². The van der Waals surface area contributed by atoms with Crippen molar-refractivity contribution in [2.45, 2.75) is 37.1 Å². The molecule has 1 saturated heterocycles. The Morgan fingerprint density at radius 2 is 2.06 bits per heavy atom. The van der Waals surface area contributed by atoms with Crippen LogP contribution in [-0.2, 0) is 21.4 Å². The maximum atomic E-state index is 14.1. The first-order valence-electron chi connectivity index (χ1n) is 12.0. The van der Waals surface area contributed by atoms with Crippen LogP contribution in [0.1, 0.15) is 47.2 Å². The summed E-state index contributed by atoms with van der Waals surface area (Å²) in [4.78, 5) is 26.6. The van der Waals surface area contributed by atoms with Gasteiger partial charge in [0.15, 0.2) is 0 Å². The number of carboxylic acid groups (broad SMARTS) is 1. The predicted octanol–water partition coefficient (Wildman–Crippen LogP) is 2.78. The van der Waals surface area contributed by atoms with Crippen LogP contribution in [0.5, 0.6) is 5.75 Å². The summed E-state index contributed by atoms with van der Waals surface area (Å²) in [5.41, 5.74) is 0.448. The Balaban J connectivity index is 1.39. The average Bonchev–Trinajstić information content (AvgIpc) is 3.48. The maximum Gasteiger partial charge on any atom is 0.341 e. The van der Waals surface area contributed by atoms with E-state index in [1.165, 1.54) is 6.07 Å². The highest BCUT2D eigenvalue weighted by Crippen LogP contribution is 2.55. The molecule has 2 aromatic rings. The van der Waals surface area contributed by atoms with Gasteiger partial charge in [-0.05, 0) is 67.2 Å². The van der Waals surface area contributed by atoms with Crippen molar-refractivity contribution in [1.82, 2.24) is 10.2 Å². The van der Waals surface area contributed by atoms with E-state index in [0.717, 1.165) is 43.3 Å². The summed E-state index contributed by atoms with van der Waals surface area (Å²) >= 11 is 0. The largest absolute Gasteiger partial charge is 0.492 e. The molecule has 192 valence electrons. The fourth-order valence-electron chi connectivity index (χ4n) is 5.16. The summed E-state index contributed by atoms with van der Waals surface area (Å²) in [6.07, 6.45) is 1.62. The zero-order valence-corrected chi connectivity index (χ0v) is 20.6. The minimum Gasteiger partial charge on any atom is -0.492 e. The minimum atomic E-state index is -4.32. The summed E-state index contributed by atoms with van der Waals surface area (Å²) in [6, 6.07) is 6.29. The molecule has 36 heavy (non-hydrogen) atoms. The van der Waals surface area contributed by atoms with E-state index >= 15 is 0 Å². The lowest BCUT2D eigenvalue weighted by Crippen LogP contribution is -2.33. The Morgan fingerprint density at radius 3 is 2.78 bits per heavy atom. The van der Waals surface area contributed by atoms with Crippen molar-refractivity contribution in [1.29, 1.82) is 0 Å². The number of hydrogen-bond donors (Lipinski definition) is 3. The first kappa shape index (κ1) is 24.5. The van der Waals surface area contributed by atoms with E-state index in [0.29, 0.717) is 25.5 Å². The summed E-state index contributed by atoms with van der Waals surface area (Å²) < 4.78 is 48.8. The molecule has 0 spiro atoms. The van der Waals surface area contributed by atoms with Crippen LogP contribution in [0.2, 0.25) is 0 Å². The normalized spacial score (nSPS) is 22.8. The summed E-state index contributed by atoms with van der Waals surface area (Å²) in [7, 11) is -4.32. The third-order valence-corrected chi connectivity index (χ3v) is 8.73. The second-order valence-corrected chi connectivity index (χ2v) is 11.2. The predicted molar refractivity (Wildman–Crippen MR) is 129 cm³/mol. The quantitative estimate of drug-likeness (QED) is 0.492. The van der Waals surface area contributed by atoms with E-state index in [1.807, 2.05) is 6.92 Å². The fourth-order valence-corrected chi connectivity index (χ4v) is 6.45. The molecule has 3 atom stereocenters. The number of amides is 1. The summed E-state index contributed by atoms with van der Waals surface area (Å²) in [5, 5.41) is 12.6. The molecule has 5 rings (SSSR count). The number of aromatic carboxylic acids is 1. The molecular formula is C25H28FN3O6S. The van der Waals surface area contributed by atoms with Crippen LogP contribution in [-0.4, -0.2) is 56.5 Å². The minimum absolute atomic E-state index is 0.0631. The molecule has 11 heteroatoms. The maximum absolute atomic E-state index is 14.1. The zero-order valence-electron chi connectivity index (χ0n) is 19.8. The van der Waals surface area contributed by atoms with E-state index in [4.69, 9.17) is 4.74 Å². The van der Waals surface area contributed by atoms with Gasteiger partial charge in [0.05, 0.1) is 23.1 Å². The van der Waals surface area contributed by atoms with Crippen LogP contribution in [0.15, 0.2) is 35.2 Å². The molecule has 0 unspecified atom stereocenters. The number of hydrogen-bond acceptors (Lipinski definition) is 6. The topological polar surface area (TPSA) is 125 Å². The monoisotopic (exact) mass is 517 g/mol. The van der Waals surface area contributed by atoms with Crippen LogP contribution in [0.4, 0.5) is 10.1 Å². The van der Waals surface area contributed by atoms with Crippen LogP contribution in [0.25, 0.3) is 0 Å². The van der Waals surface area contributed by atoms with E-state index in [9.17, 15) is 27.5 Å². The van der Waals surface area contributed by atoms with Gasteiger partial charge in [0.2, 0.25) is 5.91 Å². The Bertz CT molecular complexity index is 1330.